The Morgan fingerprint density at radius 3 is 3.13 bits per heavy atom. The van der Waals surface area contributed by atoms with Gasteiger partial charge in [0, 0.05) is 6.54 Å². The van der Waals surface area contributed by atoms with E-state index in [-0.39, 0.29) is 0 Å². The van der Waals surface area contributed by atoms with E-state index in [9.17, 15) is 0 Å². The van der Waals surface area contributed by atoms with E-state index in [1.807, 2.05) is 6.07 Å². The van der Waals surface area contributed by atoms with Crippen molar-refractivity contribution in [3.05, 3.63) is 16.3 Å². The summed E-state index contributed by atoms with van der Waals surface area (Å²) in [5, 5.41) is 5.56. The second kappa shape index (κ2) is 5.52. The van der Waals surface area contributed by atoms with Gasteiger partial charge in [-0.15, -0.1) is 11.3 Å². The Labute approximate surface area is 95.6 Å². The van der Waals surface area contributed by atoms with Crippen molar-refractivity contribution in [2.24, 2.45) is 5.92 Å². The van der Waals surface area contributed by atoms with Crippen LogP contribution in [0.1, 0.15) is 30.6 Å². The summed E-state index contributed by atoms with van der Waals surface area (Å²) in [6.07, 6.45) is 5.67. The molecule has 2 rings (SSSR count). The number of thiophene rings is 1. The second-order valence-electron chi connectivity index (χ2n) is 4.17. The molecule has 1 saturated carbocycles. The fourth-order valence-corrected chi connectivity index (χ4v) is 2.57. The number of hydrogen-bond acceptors (Lipinski definition) is 3. The lowest BCUT2D eigenvalue weighted by molar-refractivity contribution is 0.410. The fraction of sp³-hybridized carbons (Fsp3) is 0.667. The van der Waals surface area contributed by atoms with Crippen molar-refractivity contribution in [2.75, 3.05) is 13.7 Å². The molecule has 0 spiro atoms. The Balaban J connectivity index is 1.59. The van der Waals surface area contributed by atoms with Crippen molar-refractivity contribution >= 4 is 11.3 Å². The van der Waals surface area contributed by atoms with E-state index in [0.29, 0.717) is 0 Å². The second-order valence-corrected chi connectivity index (χ2v) is 5.18. The summed E-state index contributed by atoms with van der Waals surface area (Å²) in [7, 11) is 1.73. The van der Waals surface area contributed by atoms with Gasteiger partial charge in [0.2, 0.25) is 0 Å². The molecule has 3 heteroatoms. The minimum atomic E-state index is 0.950. The third-order valence-electron chi connectivity index (χ3n) is 2.87. The highest BCUT2D eigenvalue weighted by Crippen LogP contribution is 2.33. The van der Waals surface area contributed by atoms with Gasteiger partial charge in [-0.25, -0.2) is 0 Å². The van der Waals surface area contributed by atoms with Gasteiger partial charge in [0.1, 0.15) is 5.75 Å². The van der Waals surface area contributed by atoms with Gasteiger partial charge in [-0.3, -0.25) is 0 Å². The van der Waals surface area contributed by atoms with Crippen LogP contribution in [-0.4, -0.2) is 13.7 Å². The van der Waals surface area contributed by atoms with Gasteiger partial charge in [-0.2, -0.15) is 0 Å². The maximum Gasteiger partial charge on any atom is 0.134 e. The monoisotopic (exact) mass is 225 g/mol. The first-order valence-corrected chi connectivity index (χ1v) is 6.59. The summed E-state index contributed by atoms with van der Waals surface area (Å²) < 4.78 is 5.26. The maximum absolute atomic E-state index is 5.26. The van der Waals surface area contributed by atoms with Gasteiger partial charge >= 0.3 is 0 Å². The number of ether oxygens (including phenoxy) is 1. The molecule has 0 bridgehead atoms. The summed E-state index contributed by atoms with van der Waals surface area (Å²) in [6, 6.07) is 2.03. The van der Waals surface area contributed by atoms with Crippen LogP contribution >= 0.6 is 11.3 Å². The lowest BCUT2D eigenvalue weighted by Crippen LogP contribution is -2.14. The first-order valence-electron chi connectivity index (χ1n) is 5.71. The van der Waals surface area contributed by atoms with E-state index in [0.717, 1.165) is 24.8 Å². The molecule has 0 aliphatic heterocycles. The Morgan fingerprint density at radius 2 is 2.40 bits per heavy atom. The van der Waals surface area contributed by atoms with Crippen molar-refractivity contribution in [3.63, 3.8) is 0 Å². The highest BCUT2D eigenvalue weighted by Gasteiger charge is 2.19. The molecule has 1 fully saturated rings. The van der Waals surface area contributed by atoms with Crippen LogP contribution in [0.4, 0.5) is 0 Å². The topological polar surface area (TPSA) is 21.3 Å². The third-order valence-corrected chi connectivity index (χ3v) is 3.78. The first kappa shape index (κ1) is 11.0. The zero-order chi connectivity index (χ0) is 10.5. The van der Waals surface area contributed by atoms with Crippen LogP contribution in [0.3, 0.4) is 0 Å². The van der Waals surface area contributed by atoms with Crippen molar-refractivity contribution in [1.82, 2.24) is 5.32 Å². The Hall–Kier alpha value is -0.540. The third kappa shape index (κ3) is 3.50. The minimum absolute atomic E-state index is 0.950. The van der Waals surface area contributed by atoms with Crippen LogP contribution in [0, 0.1) is 5.92 Å². The van der Waals surface area contributed by atoms with Crippen molar-refractivity contribution < 1.29 is 4.74 Å². The lowest BCUT2D eigenvalue weighted by Gasteiger charge is -2.04. The number of rotatable bonds is 7. The molecule has 1 N–H and O–H groups in total. The average Bonchev–Trinajstić information content (AvgIpc) is 2.96. The minimum Gasteiger partial charge on any atom is -0.496 e. The van der Waals surface area contributed by atoms with Gasteiger partial charge in [0.05, 0.1) is 12.0 Å². The van der Waals surface area contributed by atoms with Crippen molar-refractivity contribution in [3.8, 4) is 5.75 Å². The van der Waals surface area contributed by atoms with Crippen LogP contribution in [-0.2, 0) is 6.54 Å². The zero-order valence-corrected chi connectivity index (χ0v) is 10.1. The van der Waals surface area contributed by atoms with E-state index < -0.39 is 0 Å². The molecular formula is C12H19NOS. The zero-order valence-electron chi connectivity index (χ0n) is 9.29. The van der Waals surface area contributed by atoms with Gasteiger partial charge in [0.15, 0.2) is 0 Å². The highest BCUT2D eigenvalue weighted by molar-refractivity contribution is 7.10. The largest absolute Gasteiger partial charge is 0.496 e. The van der Waals surface area contributed by atoms with Gasteiger partial charge in [0.25, 0.3) is 0 Å². The van der Waals surface area contributed by atoms with E-state index in [1.165, 1.54) is 30.6 Å². The maximum atomic E-state index is 5.26. The molecule has 0 saturated heterocycles. The summed E-state index contributed by atoms with van der Waals surface area (Å²) in [5.74, 6) is 2.08. The molecule has 0 atom stereocenters. The van der Waals surface area contributed by atoms with E-state index in [2.05, 4.69) is 10.7 Å². The van der Waals surface area contributed by atoms with Gasteiger partial charge in [-0.1, -0.05) is 12.8 Å². The highest BCUT2D eigenvalue weighted by atomic mass is 32.1. The molecule has 1 aliphatic rings. The van der Waals surface area contributed by atoms with E-state index in [1.54, 1.807) is 18.4 Å². The molecule has 84 valence electrons. The number of hydrogen-bond donors (Lipinski definition) is 1. The standard InChI is InChI=1S/C12H19NOS/c1-14-11-6-8-15-12(11)9-13-7-2-3-10-4-5-10/h6,8,10,13H,2-5,7,9H2,1H3. The SMILES string of the molecule is COc1ccsc1CNCCCC1CC1. The van der Waals surface area contributed by atoms with Crippen molar-refractivity contribution in [1.29, 1.82) is 0 Å². The summed E-state index contributed by atoms with van der Waals surface area (Å²) in [6.45, 7) is 2.09. The molecule has 0 unspecified atom stereocenters. The van der Waals surface area contributed by atoms with Crippen LogP contribution < -0.4 is 10.1 Å². The molecule has 1 heterocycles. The molecule has 0 radical (unpaired) electrons. The molecule has 2 nitrogen and oxygen atoms in total. The predicted molar refractivity (Wildman–Crippen MR) is 64.5 cm³/mol. The van der Waals surface area contributed by atoms with Crippen LogP contribution in [0.2, 0.25) is 0 Å². The van der Waals surface area contributed by atoms with E-state index in [4.69, 9.17) is 4.74 Å². The average molecular weight is 225 g/mol. The van der Waals surface area contributed by atoms with E-state index >= 15 is 0 Å². The summed E-state index contributed by atoms with van der Waals surface area (Å²) in [5.41, 5.74) is 0. The molecule has 15 heavy (non-hydrogen) atoms. The number of methoxy groups -OCH3 is 1. The molecule has 1 aliphatic carbocycles. The molecule has 1 aromatic heterocycles. The molecular weight excluding hydrogens is 206 g/mol. The lowest BCUT2D eigenvalue weighted by atomic mass is 10.2. The molecule has 1 aromatic rings. The quantitative estimate of drug-likeness (QED) is 0.720. The Morgan fingerprint density at radius 1 is 1.53 bits per heavy atom. The summed E-state index contributed by atoms with van der Waals surface area (Å²) >= 11 is 1.76. The Bertz CT molecular complexity index is 294. The normalized spacial score (nSPS) is 15.5. The predicted octanol–water partition coefficient (Wildman–Crippen LogP) is 3.04. The van der Waals surface area contributed by atoms with Crippen molar-refractivity contribution in [2.45, 2.75) is 32.2 Å². The first-order chi connectivity index (χ1) is 7.40. The van der Waals surface area contributed by atoms with Gasteiger partial charge < -0.3 is 10.1 Å². The van der Waals surface area contributed by atoms with Crippen LogP contribution in [0.5, 0.6) is 5.75 Å². The molecule has 0 amide bonds. The fourth-order valence-electron chi connectivity index (χ4n) is 1.76. The number of nitrogens with one attached hydrogen (secondary N) is 1. The smallest absolute Gasteiger partial charge is 0.134 e. The Kier molecular flexibility index (Phi) is 4.03. The van der Waals surface area contributed by atoms with Crippen LogP contribution in [0.25, 0.3) is 0 Å². The summed E-state index contributed by atoms with van der Waals surface area (Å²) in [4.78, 5) is 1.31. The van der Waals surface area contributed by atoms with Crippen LogP contribution in [0.15, 0.2) is 11.4 Å². The molecule has 0 aromatic carbocycles. The van der Waals surface area contributed by atoms with Gasteiger partial charge in [-0.05, 0) is 36.8 Å².